The molecule has 0 aliphatic carbocycles. The minimum absolute atomic E-state index is 0.0178. The molecule has 1 heterocycles. The normalized spacial score (nSPS) is 16.0. The zero-order valence-corrected chi connectivity index (χ0v) is 14.6. The molecule has 5 nitrogen and oxygen atoms in total. The first-order valence-corrected chi connectivity index (χ1v) is 8.35. The van der Waals surface area contributed by atoms with E-state index in [1.165, 1.54) is 11.1 Å². The van der Waals surface area contributed by atoms with Gasteiger partial charge in [0.1, 0.15) is 0 Å². The number of amides is 1. The van der Waals surface area contributed by atoms with E-state index in [4.69, 9.17) is 14.2 Å². The monoisotopic (exact) mass is 341 g/mol. The minimum atomic E-state index is -0.0327. The maximum atomic E-state index is 12.2. The van der Waals surface area contributed by atoms with Gasteiger partial charge in [-0.15, -0.1) is 0 Å². The van der Waals surface area contributed by atoms with Crippen molar-refractivity contribution in [3.8, 4) is 11.5 Å². The summed E-state index contributed by atoms with van der Waals surface area (Å²) in [4.78, 5) is 12.2. The lowest BCUT2D eigenvalue weighted by Crippen LogP contribution is -2.37. The van der Waals surface area contributed by atoms with Crippen molar-refractivity contribution in [2.24, 2.45) is 0 Å². The van der Waals surface area contributed by atoms with Crippen LogP contribution < -0.4 is 14.8 Å². The molecule has 0 aromatic heterocycles. The Labute approximate surface area is 147 Å². The lowest BCUT2D eigenvalue weighted by atomic mass is 9.99. The molecule has 1 atom stereocenters. The molecule has 0 saturated heterocycles. The Kier molecular flexibility index (Phi) is 5.56. The van der Waals surface area contributed by atoms with Crippen molar-refractivity contribution < 1.29 is 19.0 Å². The summed E-state index contributed by atoms with van der Waals surface area (Å²) >= 11 is 0. The summed E-state index contributed by atoms with van der Waals surface area (Å²) in [5.41, 5.74) is 3.41. The van der Waals surface area contributed by atoms with E-state index in [0.29, 0.717) is 31.1 Å². The van der Waals surface area contributed by atoms with Crippen LogP contribution in [0.25, 0.3) is 0 Å². The van der Waals surface area contributed by atoms with E-state index in [9.17, 15) is 4.79 Å². The van der Waals surface area contributed by atoms with E-state index in [-0.39, 0.29) is 12.0 Å². The van der Waals surface area contributed by atoms with Gasteiger partial charge < -0.3 is 19.5 Å². The average Bonchev–Trinajstić information content (AvgIpc) is 2.66. The Morgan fingerprint density at radius 3 is 2.64 bits per heavy atom. The Morgan fingerprint density at radius 1 is 1.12 bits per heavy atom. The molecular formula is C20H23NO4. The number of carbonyl (C=O) groups excluding carboxylic acids is 1. The molecule has 3 rings (SSSR count). The number of hydrogen-bond donors (Lipinski definition) is 1. The second-order valence-corrected chi connectivity index (χ2v) is 6.08. The van der Waals surface area contributed by atoms with Crippen molar-refractivity contribution in [1.82, 2.24) is 5.32 Å². The maximum Gasteiger partial charge on any atom is 0.224 e. The summed E-state index contributed by atoms with van der Waals surface area (Å²) in [5.74, 6) is 1.25. The summed E-state index contributed by atoms with van der Waals surface area (Å²) in [5, 5.41) is 2.96. The van der Waals surface area contributed by atoms with Gasteiger partial charge in [-0.2, -0.15) is 0 Å². The fourth-order valence-electron chi connectivity index (χ4n) is 3.01. The van der Waals surface area contributed by atoms with Crippen LogP contribution in [0.15, 0.2) is 42.5 Å². The van der Waals surface area contributed by atoms with Crippen LogP contribution in [0.3, 0.4) is 0 Å². The highest BCUT2D eigenvalue weighted by atomic mass is 16.5. The lowest BCUT2D eigenvalue weighted by Gasteiger charge is -2.25. The molecule has 0 radical (unpaired) electrons. The Hall–Kier alpha value is -2.53. The van der Waals surface area contributed by atoms with Crippen molar-refractivity contribution in [3.63, 3.8) is 0 Å². The first-order chi connectivity index (χ1) is 12.2. The molecule has 1 aliphatic heterocycles. The lowest BCUT2D eigenvalue weighted by molar-refractivity contribution is -0.121. The van der Waals surface area contributed by atoms with E-state index in [0.717, 1.165) is 12.0 Å². The van der Waals surface area contributed by atoms with Crippen molar-refractivity contribution in [3.05, 3.63) is 59.2 Å². The fourth-order valence-corrected chi connectivity index (χ4v) is 3.01. The predicted octanol–water partition coefficient (Wildman–Crippen LogP) is 2.50. The second-order valence-electron chi connectivity index (χ2n) is 6.08. The molecule has 132 valence electrons. The van der Waals surface area contributed by atoms with Crippen LogP contribution in [0.1, 0.15) is 16.7 Å². The van der Waals surface area contributed by atoms with Gasteiger partial charge >= 0.3 is 0 Å². The van der Waals surface area contributed by atoms with E-state index in [1.54, 1.807) is 14.2 Å². The molecule has 2 aromatic carbocycles. The highest BCUT2D eigenvalue weighted by molar-refractivity contribution is 5.78. The van der Waals surface area contributed by atoms with Crippen LogP contribution in [-0.2, 0) is 29.0 Å². The van der Waals surface area contributed by atoms with E-state index in [1.807, 2.05) is 30.3 Å². The molecule has 1 aliphatic rings. The third-order valence-electron chi connectivity index (χ3n) is 4.38. The van der Waals surface area contributed by atoms with Crippen molar-refractivity contribution >= 4 is 5.91 Å². The van der Waals surface area contributed by atoms with Crippen molar-refractivity contribution in [2.45, 2.75) is 25.6 Å². The first-order valence-electron chi connectivity index (χ1n) is 8.35. The Morgan fingerprint density at radius 2 is 1.88 bits per heavy atom. The van der Waals surface area contributed by atoms with Crippen LogP contribution in [-0.4, -0.2) is 32.8 Å². The molecule has 0 saturated carbocycles. The van der Waals surface area contributed by atoms with E-state index >= 15 is 0 Å². The van der Waals surface area contributed by atoms with Crippen LogP contribution in [0.2, 0.25) is 0 Å². The molecular weight excluding hydrogens is 318 g/mol. The number of fused-ring (bicyclic) bond motifs is 1. The van der Waals surface area contributed by atoms with Crippen LogP contribution in [0.4, 0.5) is 0 Å². The average molecular weight is 341 g/mol. The summed E-state index contributed by atoms with van der Waals surface area (Å²) in [7, 11) is 3.17. The van der Waals surface area contributed by atoms with Crippen molar-refractivity contribution in [2.75, 3.05) is 20.8 Å². The number of nitrogens with one attached hydrogen (secondary N) is 1. The molecule has 0 spiro atoms. The number of hydrogen-bond acceptors (Lipinski definition) is 4. The quantitative estimate of drug-likeness (QED) is 0.877. The van der Waals surface area contributed by atoms with Gasteiger partial charge in [-0.1, -0.05) is 30.3 Å². The summed E-state index contributed by atoms with van der Waals surface area (Å²) in [6, 6.07) is 13.8. The molecule has 0 fully saturated rings. The van der Waals surface area contributed by atoms with Gasteiger partial charge in [0.15, 0.2) is 11.5 Å². The standard InChI is InChI=1S/C20H23NO4/c1-23-18-8-7-14(9-19(18)24-2)10-20(22)21-12-17-11-15-5-3-4-6-16(15)13-25-17/h3-9,17H,10-13H2,1-2H3,(H,21,22)/t17-/m0/s1. The number of carbonyl (C=O) groups is 1. The summed E-state index contributed by atoms with van der Waals surface area (Å²) in [6.07, 6.45) is 1.14. The summed E-state index contributed by atoms with van der Waals surface area (Å²) < 4.78 is 16.3. The number of methoxy groups -OCH3 is 2. The zero-order chi connectivity index (χ0) is 17.6. The molecule has 1 N–H and O–H groups in total. The zero-order valence-electron chi connectivity index (χ0n) is 14.6. The van der Waals surface area contributed by atoms with Crippen LogP contribution in [0, 0.1) is 0 Å². The molecule has 0 bridgehead atoms. The topological polar surface area (TPSA) is 56.8 Å². The second kappa shape index (κ2) is 8.03. The van der Waals surface area contributed by atoms with Gasteiger partial charge in [-0.25, -0.2) is 0 Å². The molecule has 2 aromatic rings. The SMILES string of the molecule is COc1ccc(CC(=O)NC[C@@H]2Cc3ccccc3CO2)cc1OC. The highest BCUT2D eigenvalue weighted by Gasteiger charge is 2.19. The van der Waals surface area contributed by atoms with Gasteiger partial charge in [0.05, 0.1) is 33.4 Å². The largest absolute Gasteiger partial charge is 0.493 e. The Balaban J connectivity index is 1.52. The van der Waals surface area contributed by atoms with Crippen molar-refractivity contribution in [1.29, 1.82) is 0 Å². The third-order valence-corrected chi connectivity index (χ3v) is 4.38. The van der Waals surface area contributed by atoms with Crippen LogP contribution >= 0.6 is 0 Å². The third kappa shape index (κ3) is 4.31. The van der Waals surface area contributed by atoms with Crippen LogP contribution in [0.5, 0.6) is 11.5 Å². The van der Waals surface area contributed by atoms with Gasteiger partial charge in [0.25, 0.3) is 0 Å². The number of benzene rings is 2. The highest BCUT2D eigenvalue weighted by Crippen LogP contribution is 2.27. The van der Waals surface area contributed by atoms with Gasteiger partial charge in [0, 0.05) is 13.0 Å². The van der Waals surface area contributed by atoms with E-state index in [2.05, 4.69) is 17.4 Å². The smallest absolute Gasteiger partial charge is 0.224 e. The number of rotatable bonds is 6. The molecule has 5 heteroatoms. The minimum Gasteiger partial charge on any atom is -0.493 e. The fraction of sp³-hybridized carbons (Fsp3) is 0.350. The predicted molar refractivity (Wildman–Crippen MR) is 95.0 cm³/mol. The first kappa shape index (κ1) is 17.3. The molecule has 25 heavy (non-hydrogen) atoms. The van der Waals surface area contributed by atoms with Gasteiger partial charge in [0.2, 0.25) is 5.91 Å². The number of ether oxygens (including phenoxy) is 3. The van der Waals surface area contributed by atoms with Gasteiger partial charge in [-0.3, -0.25) is 4.79 Å². The molecule has 1 amide bonds. The van der Waals surface area contributed by atoms with Gasteiger partial charge in [-0.05, 0) is 28.8 Å². The van der Waals surface area contributed by atoms with E-state index < -0.39 is 0 Å². The Bertz CT molecular complexity index is 744. The summed E-state index contributed by atoms with van der Waals surface area (Å²) in [6.45, 7) is 1.12. The maximum absolute atomic E-state index is 12.2. The molecule has 0 unspecified atom stereocenters.